The number of aliphatic hydroxyl groups excluding tert-OH is 2. The molecule has 0 bridgehead atoms. The Balaban J connectivity index is 2.29. The third-order valence-corrected chi connectivity index (χ3v) is 3.02. The van der Waals surface area contributed by atoms with Crippen molar-refractivity contribution in [3.05, 3.63) is 48.2 Å². The molecule has 4 heteroatoms. The molecule has 0 spiro atoms. The second kappa shape index (κ2) is 9.28. The zero-order chi connectivity index (χ0) is 14.8. The van der Waals surface area contributed by atoms with Gasteiger partial charge >= 0.3 is 0 Å². The van der Waals surface area contributed by atoms with Crippen molar-refractivity contribution in [2.24, 2.45) is 0 Å². The fourth-order valence-electron chi connectivity index (χ4n) is 1.76. The minimum atomic E-state index is -0.902. The summed E-state index contributed by atoms with van der Waals surface area (Å²) in [4.78, 5) is 11.8. The lowest BCUT2D eigenvalue weighted by atomic mass is 10.1. The van der Waals surface area contributed by atoms with Gasteiger partial charge in [0.1, 0.15) is 0 Å². The standard InChI is InChI=1S/C16H23NO3/c1-2-3-9-14(18)15(19)10-11-17-12-16(20)13-7-5-4-6-8-13/h4-8,10-11,14-15,17-19H,2-3,9,12H2,1H3. The Labute approximate surface area is 120 Å². The van der Waals surface area contributed by atoms with Crippen LogP contribution in [0.25, 0.3) is 0 Å². The number of carbonyl (C=O) groups is 1. The van der Waals surface area contributed by atoms with Gasteiger partial charge in [0.2, 0.25) is 0 Å². The number of hydrogen-bond acceptors (Lipinski definition) is 4. The molecular formula is C16H23NO3. The number of Topliss-reactive ketones (excluding diaryl/α,β-unsaturated/α-hetero) is 1. The Hall–Kier alpha value is -1.65. The van der Waals surface area contributed by atoms with Crippen molar-refractivity contribution in [2.75, 3.05) is 6.54 Å². The number of nitrogens with one attached hydrogen (secondary N) is 1. The minimum absolute atomic E-state index is 0.0173. The van der Waals surface area contributed by atoms with Gasteiger partial charge in [0.25, 0.3) is 0 Å². The first-order valence-electron chi connectivity index (χ1n) is 6.99. The number of aliphatic hydroxyl groups is 2. The Kier molecular flexibility index (Phi) is 7.62. The minimum Gasteiger partial charge on any atom is -0.390 e. The second-order valence-corrected chi connectivity index (χ2v) is 4.73. The Morgan fingerprint density at radius 3 is 2.65 bits per heavy atom. The number of hydrogen-bond donors (Lipinski definition) is 3. The van der Waals surface area contributed by atoms with Gasteiger partial charge in [0.15, 0.2) is 5.78 Å². The molecule has 0 aliphatic carbocycles. The molecule has 0 radical (unpaired) electrons. The lowest BCUT2D eigenvalue weighted by Gasteiger charge is -2.13. The molecule has 0 amide bonds. The molecule has 0 aromatic heterocycles. The molecule has 1 aromatic carbocycles. The second-order valence-electron chi connectivity index (χ2n) is 4.73. The summed E-state index contributed by atoms with van der Waals surface area (Å²) in [6.45, 7) is 2.20. The first-order valence-corrected chi connectivity index (χ1v) is 6.99. The van der Waals surface area contributed by atoms with Crippen LogP contribution in [0.2, 0.25) is 0 Å². The van der Waals surface area contributed by atoms with Crippen LogP contribution >= 0.6 is 0 Å². The monoisotopic (exact) mass is 277 g/mol. The average Bonchev–Trinajstić information content (AvgIpc) is 2.49. The molecule has 0 aliphatic heterocycles. The van der Waals surface area contributed by atoms with Crippen LogP contribution in [0.4, 0.5) is 0 Å². The van der Waals surface area contributed by atoms with E-state index in [4.69, 9.17) is 0 Å². The van der Waals surface area contributed by atoms with Gasteiger partial charge < -0.3 is 15.5 Å². The van der Waals surface area contributed by atoms with E-state index in [1.165, 1.54) is 12.3 Å². The van der Waals surface area contributed by atoms with Crippen LogP contribution < -0.4 is 5.32 Å². The molecule has 2 atom stereocenters. The SMILES string of the molecule is CCCCC(O)C(O)C=CNCC(=O)c1ccccc1. The van der Waals surface area contributed by atoms with Crippen LogP contribution in [0.5, 0.6) is 0 Å². The first-order chi connectivity index (χ1) is 9.65. The smallest absolute Gasteiger partial charge is 0.181 e. The van der Waals surface area contributed by atoms with Crippen LogP contribution in [0, 0.1) is 0 Å². The van der Waals surface area contributed by atoms with Gasteiger partial charge in [0.05, 0.1) is 18.8 Å². The van der Waals surface area contributed by atoms with Gasteiger partial charge in [-0.2, -0.15) is 0 Å². The quantitative estimate of drug-likeness (QED) is 0.603. The maximum atomic E-state index is 11.8. The van der Waals surface area contributed by atoms with E-state index in [0.717, 1.165) is 12.8 Å². The van der Waals surface area contributed by atoms with Gasteiger partial charge in [-0.25, -0.2) is 0 Å². The van der Waals surface area contributed by atoms with E-state index in [0.29, 0.717) is 12.0 Å². The van der Waals surface area contributed by atoms with Gasteiger partial charge in [-0.1, -0.05) is 50.1 Å². The summed E-state index contributed by atoms with van der Waals surface area (Å²) in [7, 11) is 0. The summed E-state index contributed by atoms with van der Waals surface area (Å²) in [5.41, 5.74) is 0.650. The van der Waals surface area contributed by atoms with E-state index in [2.05, 4.69) is 5.32 Å². The van der Waals surface area contributed by atoms with Gasteiger partial charge in [-0.3, -0.25) is 4.79 Å². The van der Waals surface area contributed by atoms with E-state index in [1.54, 1.807) is 12.1 Å². The molecule has 1 rings (SSSR count). The van der Waals surface area contributed by atoms with Gasteiger partial charge in [-0.05, 0) is 18.7 Å². The zero-order valence-corrected chi connectivity index (χ0v) is 11.8. The molecule has 1 aromatic rings. The van der Waals surface area contributed by atoms with Crippen LogP contribution in [0.15, 0.2) is 42.6 Å². The molecule has 0 aliphatic rings. The molecular weight excluding hydrogens is 254 g/mol. The predicted molar refractivity (Wildman–Crippen MR) is 79.5 cm³/mol. The molecule has 20 heavy (non-hydrogen) atoms. The highest BCUT2D eigenvalue weighted by atomic mass is 16.3. The van der Waals surface area contributed by atoms with Gasteiger partial charge in [0, 0.05) is 5.56 Å². The molecule has 0 saturated heterocycles. The van der Waals surface area contributed by atoms with Crippen molar-refractivity contribution >= 4 is 5.78 Å². The molecule has 0 heterocycles. The Morgan fingerprint density at radius 1 is 1.30 bits per heavy atom. The average molecular weight is 277 g/mol. The fraction of sp³-hybridized carbons (Fsp3) is 0.438. The van der Waals surface area contributed by atoms with E-state index in [1.807, 2.05) is 25.1 Å². The highest BCUT2D eigenvalue weighted by molar-refractivity contribution is 5.97. The van der Waals surface area contributed by atoms with E-state index >= 15 is 0 Å². The summed E-state index contributed by atoms with van der Waals surface area (Å²) in [6, 6.07) is 9.01. The maximum absolute atomic E-state index is 11.8. The number of unbranched alkanes of at least 4 members (excludes halogenated alkanes) is 1. The van der Waals surface area contributed by atoms with Crippen molar-refractivity contribution in [1.29, 1.82) is 0 Å². The summed E-state index contributed by atoms with van der Waals surface area (Å²) < 4.78 is 0. The van der Waals surface area contributed by atoms with Crippen molar-refractivity contribution in [3.8, 4) is 0 Å². The zero-order valence-electron chi connectivity index (χ0n) is 11.8. The van der Waals surface area contributed by atoms with Gasteiger partial charge in [-0.15, -0.1) is 0 Å². The van der Waals surface area contributed by atoms with Crippen LogP contribution in [-0.2, 0) is 0 Å². The Bertz CT molecular complexity index is 417. The molecule has 2 unspecified atom stereocenters. The normalized spacial score (nSPS) is 14.2. The van der Waals surface area contributed by atoms with Crippen molar-refractivity contribution < 1.29 is 15.0 Å². The predicted octanol–water partition coefficient (Wildman–Crippen LogP) is 1.88. The third kappa shape index (κ3) is 5.99. The molecule has 0 saturated carbocycles. The van der Waals surface area contributed by atoms with Crippen molar-refractivity contribution in [1.82, 2.24) is 5.32 Å². The number of rotatable bonds is 9. The topological polar surface area (TPSA) is 69.6 Å². The van der Waals surface area contributed by atoms with Crippen LogP contribution in [0.3, 0.4) is 0 Å². The lowest BCUT2D eigenvalue weighted by Crippen LogP contribution is -2.25. The van der Waals surface area contributed by atoms with Crippen LogP contribution in [0.1, 0.15) is 36.5 Å². The largest absolute Gasteiger partial charge is 0.390 e. The number of carbonyl (C=O) groups excluding carboxylic acids is 1. The Morgan fingerprint density at radius 2 is 2.00 bits per heavy atom. The van der Waals surface area contributed by atoms with E-state index < -0.39 is 12.2 Å². The van der Waals surface area contributed by atoms with Crippen molar-refractivity contribution in [2.45, 2.75) is 38.4 Å². The molecule has 4 nitrogen and oxygen atoms in total. The van der Waals surface area contributed by atoms with E-state index in [-0.39, 0.29) is 12.3 Å². The first kappa shape index (κ1) is 16.4. The summed E-state index contributed by atoms with van der Waals surface area (Å²) >= 11 is 0. The maximum Gasteiger partial charge on any atom is 0.181 e. The number of ketones is 1. The number of benzene rings is 1. The lowest BCUT2D eigenvalue weighted by molar-refractivity contribution is 0.0416. The molecule has 3 N–H and O–H groups in total. The molecule has 0 fully saturated rings. The summed E-state index contributed by atoms with van der Waals surface area (Å²) in [5, 5.41) is 22.1. The van der Waals surface area contributed by atoms with E-state index in [9.17, 15) is 15.0 Å². The highest BCUT2D eigenvalue weighted by Crippen LogP contribution is 2.05. The highest BCUT2D eigenvalue weighted by Gasteiger charge is 2.11. The van der Waals surface area contributed by atoms with Crippen molar-refractivity contribution in [3.63, 3.8) is 0 Å². The third-order valence-electron chi connectivity index (χ3n) is 3.02. The fourth-order valence-corrected chi connectivity index (χ4v) is 1.76. The summed E-state index contributed by atoms with van der Waals surface area (Å²) in [5.74, 6) is -0.0173. The summed E-state index contributed by atoms with van der Waals surface area (Å²) in [6.07, 6.45) is 3.77. The molecule has 110 valence electrons. The van der Waals surface area contributed by atoms with Crippen LogP contribution in [-0.4, -0.2) is 34.7 Å².